The monoisotopic (exact) mass is 382 g/mol. The number of aryl methyl sites for hydroxylation is 2. The smallest absolute Gasteiger partial charge is 0.151 e. The maximum atomic E-state index is 14.3. The second-order valence-electron chi connectivity index (χ2n) is 7.91. The second-order valence-corrected chi connectivity index (χ2v) is 7.91. The number of benzene rings is 2. The van der Waals surface area contributed by atoms with E-state index >= 15 is 0 Å². The van der Waals surface area contributed by atoms with Crippen molar-refractivity contribution in [2.24, 2.45) is 7.05 Å². The molecule has 28 heavy (non-hydrogen) atoms. The summed E-state index contributed by atoms with van der Waals surface area (Å²) in [5.74, 6) is -0.206. The number of rotatable bonds is 5. The molecule has 1 unspecified atom stereocenters. The lowest BCUT2D eigenvalue weighted by atomic mass is 9.96. The van der Waals surface area contributed by atoms with Crippen LogP contribution in [0.3, 0.4) is 0 Å². The van der Waals surface area contributed by atoms with Crippen LogP contribution < -0.4 is 0 Å². The van der Waals surface area contributed by atoms with Crippen molar-refractivity contribution in [3.63, 3.8) is 0 Å². The van der Waals surface area contributed by atoms with Crippen LogP contribution >= 0.6 is 0 Å². The Hall–Kier alpha value is -2.76. The van der Waals surface area contributed by atoms with Crippen molar-refractivity contribution in [3.8, 4) is 0 Å². The van der Waals surface area contributed by atoms with E-state index < -0.39 is 0 Å². The Balaban J connectivity index is 1.54. The molecular formula is C22H24F2N4. The lowest BCUT2D eigenvalue weighted by Crippen LogP contribution is -2.03. The van der Waals surface area contributed by atoms with Gasteiger partial charge in [-0.2, -0.15) is 10.2 Å². The highest BCUT2D eigenvalue weighted by Crippen LogP contribution is 2.27. The molecule has 4 aromatic rings. The van der Waals surface area contributed by atoms with Crippen molar-refractivity contribution in [2.75, 3.05) is 0 Å². The van der Waals surface area contributed by atoms with Gasteiger partial charge in [0.25, 0.3) is 0 Å². The summed E-state index contributed by atoms with van der Waals surface area (Å²) in [5.41, 5.74) is 2.72. The Morgan fingerprint density at radius 3 is 2.46 bits per heavy atom. The summed E-state index contributed by atoms with van der Waals surface area (Å²) in [6.07, 6.45) is 4.59. The van der Waals surface area contributed by atoms with E-state index in [-0.39, 0.29) is 23.5 Å². The molecule has 0 spiro atoms. The average Bonchev–Trinajstić information content (AvgIpc) is 3.20. The van der Waals surface area contributed by atoms with Crippen LogP contribution in [0, 0.1) is 11.6 Å². The number of aromatic nitrogens is 4. The maximum Gasteiger partial charge on any atom is 0.151 e. The zero-order valence-electron chi connectivity index (χ0n) is 16.6. The minimum Gasteiger partial charge on any atom is -0.274 e. The number of hydrogen-bond acceptors (Lipinski definition) is 2. The number of halogens is 2. The quantitative estimate of drug-likeness (QED) is 0.456. The molecule has 0 fully saturated rings. The molecule has 4 rings (SSSR count). The van der Waals surface area contributed by atoms with E-state index in [2.05, 4.69) is 17.1 Å². The van der Waals surface area contributed by atoms with E-state index in [1.54, 1.807) is 17.8 Å². The van der Waals surface area contributed by atoms with E-state index in [1.165, 1.54) is 6.07 Å². The first kappa shape index (κ1) is 18.6. The van der Waals surface area contributed by atoms with Gasteiger partial charge in [0.1, 0.15) is 11.3 Å². The number of fused-ring (bicyclic) bond motifs is 2. The molecule has 4 nitrogen and oxygen atoms in total. The summed E-state index contributed by atoms with van der Waals surface area (Å²) in [4.78, 5) is 0. The van der Waals surface area contributed by atoms with Gasteiger partial charge in [-0.25, -0.2) is 8.78 Å². The van der Waals surface area contributed by atoms with E-state index in [4.69, 9.17) is 0 Å². The van der Waals surface area contributed by atoms with Gasteiger partial charge in [0.15, 0.2) is 5.82 Å². The molecule has 0 aliphatic rings. The summed E-state index contributed by atoms with van der Waals surface area (Å²) in [7, 11) is 1.79. The van der Waals surface area contributed by atoms with Gasteiger partial charge in [0, 0.05) is 42.8 Å². The zero-order valence-corrected chi connectivity index (χ0v) is 16.6. The predicted octanol–water partition coefficient (Wildman–Crippen LogP) is 5.52. The Bertz CT molecular complexity index is 1160. The maximum absolute atomic E-state index is 14.3. The summed E-state index contributed by atoms with van der Waals surface area (Å²) in [5, 5.41) is 10.4. The van der Waals surface area contributed by atoms with Crippen molar-refractivity contribution in [2.45, 2.75) is 45.6 Å². The SMILES string of the molecule is CC(C)c1cc2cn(CCC(C)c3cc(F)c4nn(C)cc4c3)nc2cc1F. The van der Waals surface area contributed by atoms with Crippen molar-refractivity contribution in [1.29, 1.82) is 0 Å². The van der Waals surface area contributed by atoms with Crippen molar-refractivity contribution in [3.05, 3.63) is 59.4 Å². The number of nitrogens with zero attached hydrogens (tertiary/aromatic N) is 4. The van der Waals surface area contributed by atoms with Gasteiger partial charge in [-0.05, 0) is 47.6 Å². The zero-order chi connectivity index (χ0) is 20.0. The van der Waals surface area contributed by atoms with Gasteiger partial charge in [-0.3, -0.25) is 9.36 Å². The third-order valence-corrected chi connectivity index (χ3v) is 5.35. The van der Waals surface area contributed by atoms with Crippen LogP contribution in [0.25, 0.3) is 21.8 Å². The molecule has 0 aliphatic carbocycles. The van der Waals surface area contributed by atoms with Crippen LogP contribution in [-0.4, -0.2) is 19.6 Å². The molecule has 2 aromatic carbocycles. The molecule has 0 amide bonds. The second kappa shape index (κ2) is 7.00. The average molecular weight is 382 g/mol. The Morgan fingerprint density at radius 1 is 0.929 bits per heavy atom. The van der Waals surface area contributed by atoms with Crippen LogP contribution in [0.2, 0.25) is 0 Å². The fraction of sp³-hybridized carbons (Fsp3) is 0.364. The van der Waals surface area contributed by atoms with Crippen LogP contribution in [0.5, 0.6) is 0 Å². The number of hydrogen-bond donors (Lipinski definition) is 0. The molecule has 0 bridgehead atoms. The summed E-state index contributed by atoms with van der Waals surface area (Å²) >= 11 is 0. The standard InChI is InChI=1S/C22H24F2N4/c1-13(2)18-8-16-12-28(25-21(16)10-19(18)23)6-5-14(3)15-7-17-11-27(4)26-22(17)20(24)9-15/h7-14H,5-6H2,1-4H3. The lowest BCUT2D eigenvalue weighted by molar-refractivity contribution is 0.534. The van der Waals surface area contributed by atoms with E-state index in [1.807, 2.05) is 43.1 Å². The predicted molar refractivity (Wildman–Crippen MR) is 107 cm³/mol. The fourth-order valence-electron chi connectivity index (χ4n) is 3.68. The van der Waals surface area contributed by atoms with Crippen LogP contribution in [0.4, 0.5) is 8.78 Å². The molecule has 0 aliphatic heterocycles. The first-order valence-electron chi connectivity index (χ1n) is 9.61. The lowest BCUT2D eigenvalue weighted by Gasteiger charge is -2.12. The highest BCUT2D eigenvalue weighted by atomic mass is 19.1. The first-order valence-corrected chi connectivity index (χ1v) is 9.61. The first-order chi connectivity index (χ1) is 13.3. The third-order valence-electron chi connectivity index (χ3n) is 5.35. The van der Waals surface area contributed by atoms with Crippen LogP contribution in [-0.2, 0) is 13.6 Å². The van der Waals surface area contributed by atoms with Gasteiger partial charge in [0.05, 0.1) is 5.52 Å². The molecule has 1 atom stereocenters. The molecule has 0 saturated heterocycles. The van der Waals surface area contributed by atoms with Gasteiger partial charge >= 0.3 is 0 Å². The molecule has 2 aromatic heterocycles. The third kappa shape index (κ3) is 3.39. The molecule has 0 saturated carbocycles. The fourth-order valence-corrected chi connectivity index (χ4v) is 3.68. The Kier molecular flexibility index (Phi) is 4.65. The van der Waals surface area contributed by atoms with Crippen LogP contribution in [0.15, 0.2) is 36.7 Å². The minimum absolute atomic E-state index is 0.130. The van der Waals surface area contributed by atoms with Crippen LogP contribution in [0.1, 0.15) is 50.2 Å². The molecule has 2 heterocycles. The molecule has 6 heteroatoms. The summed E-state index contributed by atoms with van der Waals surface area (Å²) < 4.78 is 32.0. The largest absolute Gasteiger partial charge is 0.274 e. The van der Waals surface area contributed by atoms with E-state index in [0.29, 0.717) is 23.1 Å². The topological polar surface area (TPSA) is 35.6 Å². The van der Waals surface area contributed by atoms with Gasteiger partial charge < -0.3 is 0 Å². The normalized spacial score (nSPS) is 13.1. The molecule has 146 valence electrons. The van der Waals surface area contributed by atoms with Gasteiger partial charge in [0.2, 0.25) is 0 Å². The summed E-state index contributed by atoms with van der Waals surface area (Å²) in [6.45, 7) is 6.72. The minimum atomic E-state index is -0.290. The molecular weight excluding hydrogens is 358 g/mol. The van der Waals surface area contributed by atoms with E-state index in [0.717, 1.165) is 22.8 Å². The van der Waals surface area contributed by atoms with Crippen molar-refractivity contribution >= 4 is 21.8 Å². The highest BCUT2D eigenvalue weighted by Gasteiger charge is 2.14. The van der Waals surface area contributed by atoms with Gasteiger partial charge in [-0.15, -0.1) is 0 Å². The Labute approximate surface area is 162 Å². The van der Waals surface area contributed by atoms with Gasteiger partial charge in [-0.1, -0.05) is 20.8 Å². The highest BCUT2D eigenvalue weighted by molar-refractivity contribution is 5.80. The Morgan fingerprint density at radius 2 is 1.71 bits per heavy atom. The summed E-state index contributed by atoms with van der Waals surface area (Å²) in [6, 6.07) is 6.97. The molecule has 0 radical (unpaired) electrons. The van der Waals surface area contributed by atoms with Crippen molar-refractivity contribution < 1.29 is 8.78 Å². The van der Waals surface area contributed by atoms with E-state index in [9.17, 15) is 8.78 Å². The molecule has 0 N–H and O–H groups in total. The van der Waals surface area contributed by atoms with Crippen molar-refractivity contribution in [1.82, 2.24) is 19.6 Å².